The third-order valence-electron chi connectivity index (χ3n) is 5.00. The summed E-state index contributed by atoms with van der Waals surface area (Å²) in [6.07, 6.45) is 5.83. The predicted octanol–water partition coefficient (Wildman–Crippen LogP) is 5.06. The standard InChI is InChI=1S/C24H30N2O2/c27-23-17-20-11-8-12-22(21(20)18-24(23)28)26-15-7-2-1-6-14-25-16-13-19-9-4-3-5-10-19/h3-5,8-12,17-18,25-28H,1-2,6-7,13-16H2. The molecule has 0 saturated carbocycles. The van der Waals surface area contributed by atoms with Gasteiger partial charge in [0.25, 0.3) is 0 Å². The highest BCUT2D eigenvalue weighted by molar-refractivity contribution is 5.96. The molecule has 4 nitrogen and oxygen atoms in total. The van der Waals surface area contributed by atoms with Crippen molar-refractivity contribution in [2.24, 2.45) is 0 Å². The monoisotopic (exact) mass is 378 g/mol. The topological polar surface area (TPSA) is 64.5 Å². The van der Waals surface area contributed by atoms with E-state index in [0.29, 0.717) is 0 Å². The van der Waals surface area contributed by atoms with Gasteiger partial charge in [0.15, 0.2) is 11.5 Å². The first-order valence-electron chi connectivity index (χ1n) is 10.2. The Labute approximate surface area is 167 Å². The van der Waals surface area contributed by atoms with E-state index in [0.717, 1.165) is 48.9 Å². The van der Waals surface area contributed by atoms with E-state index in [1.54, 1.807) is 12.1 Å². The van der Waals surface area contributed by atoms with Gasteiger partial charge in [0.1, 0.15) is 0 Å². The Balaban J connectivity index is 1.28. The molecule has 0 fully saturated rings. The molecule has 4 N–H and O–H groups in total. The highest BCUT2D eigenvalue weighted by Crippen LogP contribution is 2.33. The second-order valence-corrected chi connectivity index (χ2v) is 7.19. The maximum Gasteiger partial charge on any atom is 0.158 e. The van der Waals surface area contributed by atoms with Crippen molar-refractivity contribution in [3.05, 3.63) is 66.2 Å². The van der Waals surface area contributed by atoms with Crippen LogP contribution in [0.3, 0.4) is 0 Å². The summed E-state index contributed by atoms with van der Waals surface area (Å²) in [6, 6.07) is 19.7. The normalized spacial score (nSPS) is 11.0. The van der Waals surface area contributed by atoms with Crippen LogP contribution >= 0.6 is 0 Å². The van der Waals surface area contributed by atoms with Crippen LogP contribution in [-0.2, 0) is 6.42 Å². The van der Waals surface area contributed by atoms with Gasteiger partial charge in [-0.1, -0.05) is 55.3 Å². The number of aromatic hydroxyl groups is 2. The maximum absolute atomic E-state index is 9.75. The number of fused-ring (bicyclic) bond motifs is 1. The van der Waals surface area contributed by atoms with Crippen LogP contribution in [0.1, 0.15) is 31.2 Å². The zero-order valence-electron chi connectivity index (χ0n) is 16.3. The number of rotatable bonds is 11. The molecule has 0 bridgehead atoms. The van der Waals surface area contributed by atoms with Gasteiger partial charge >= 0.3 is 0 Å². The Kier molecular flexibility index (Phi) is 7.56. The second-order valence-electron chi connectivity index (χ2n) is 7.19. The SMILES string of the molecule is Oc1cc2cccc(NCCCCCCNCCc3ccccc3)c2cc1O. The number of unbranched alkanes of at least 4 members (excludes halogenated alkanes) is 3. The largest absolute Gasteiger partial charge is 0.504 e. The number of nitrogens with one attached hydrogen (secondary N) is 2. The van der Waals surface area contributed by atoms with Gasteiger partial charge in [0, 0.05) is 17.6 Å². The Bertz CT molecular complexity index is 865. The van der Waals surface area contributed by atoms with Crippen molar-refractivity contribution in [3.8, 4) is 11.5 Å². The van der Waals surface area contributed by atoms with Gasteiger partial charge in [0.05, 0.1) is 0 Å². The van der Waals surface area contributed by atoms with Crippen molar-refractivity contribution < 1.29 is 10.2 Å². The van der Waals surface area contributed by atoms with Gasteiger partial charge in [0.2, 0.25) is 0 Å². The van der Waals surface area contributed by atoms with Gasteiger partial charge in [-0.3, -0.25) is 0 Å². The molecule has 0 saturated heterocycles. The first kappa shape index (κ1) is 20.0. The van der Waals surface area contributed by atoms with Gasteiger partial charge in [-0.2, -0.15) is 0 Å². The molecular weight excluding hydrogens is 348 g/mol. The lowest BCUT2D eigenvalue weighted by Gasteiger charge is -2.11. The number of hydrogen-bond acceptors (Lipinski definition) is 4. The third-order valence-corrected chi connectivity index (χ3v) is 5.00. The zero-order chi connectivity index (χ0) is 19.6. The number of phenols is 2. The van der Waals surface area contributed by atoms with E-state index in [4.69, 9.17) is 0 Å². The first-order chi connectivity index (χ1) is 13.7. The molecule has 0 aliphatic carbocycles. The van der Waals surface area contributed by atoms with E-state index < -0.39 is 0 Å². The van der Waals surface area contributed by atoms with Crippen LogP contribution in [0.25, 0.3) is 10.8 Å². The van der Waals surface area contributed by atoms with Crippen molar-refractivity contribution in [1.29, 1.82) is 0 Å². The minimum Gasteiger partial charge on any atom is -0.504 e. The summed E-state index contributed by atoms with van der Waals surface area (Å²) in [5.74, 6) is -0.163. The fourth-order valence-corrected chi connectivity index (χ4v) is 3.41. The zero-order valence-corrected chi connectivity index (χ0v) is 16.3. The van der Waals surface area contributed by atoms with Crippen molar-refractivity contribution in [2.45, 2.75) is 32.1 Å². The van der Waals surface area contributed by atoms with E-state index in [1.165, 1.54) is 24.8 Å². The molecule has 0 aliphatic rings. The third kappa shape index (κ3) is 5.89. The minimum atomic E-state index is -0.0819. The van der Waals surface area contributed by atoms with E-state index in [-0.39, 0.29) is 11.5 Å². The predicted molar refractivity (Wildman–Crippen MR) is 117 cm³/mol. The summed E-state index contributed by atoms with van der Waals surface area (Å²) < 4.78 is 0. The van der Waals surface area contributed by atoms with E-state index in [2.05, 4.69) is 41.0 Å². The van der Waals surface area contributed by atoms with Crippen molar-refractivity contribution in [2.75, 3.05) is 25.0 Å². The lowest BCUT2D eigenvalue weighted by Crippen LogP contribution is -2.18. The molecule has 0 unspecified atom stereocenters. The van der Waals surface area contributed by atoms with Crippen molar-refractivity contribution in [1.82, 2.24) is 5.32 Å². The molecule has 0 heterocycles. The first-order valence-corrected chi connectivity index (χ1v) is 10.2. The molecule has 0 aliphatic heterocycles. The molecule has 28 heavy (non-hydrogen) atoms. The van der Waals surface area contributed by atoms with Gasteiger partial charge < -0.3 is 20.8 Å². The highest BCUT2D eigenvalue weighted by Gasteiger charge is 2.05. The molecule has 0 amide bonds. The molecule has 0 radical (unpaired) electrons. The van der Waals surface area contributed by atoms with Crippen LogP contribution in [0.2, 0.25) is 0 Å². The van der Waals surface area contributed by atoms with Crippen LogP contribution in [0, 0.1) is 0 Å². The van der Waals surface area contributed by atoms with Crippen molar-refractivity contribution >= 4 is 16.5 Å². The van der Waals surface area contributed by atoms with E-state index >= 15 is 0 Å². The fraction of sp³-hybridized carbons (Fsp3) is 0.333. The Morgan fingerprint density at radius 2 is 1.43 bits per heavy atom. The molecule has 4 heteroatoms. The average molecular weight is 379 g/mol. The second kappa shape index (κ2) is 10.6. The van der Waals surface area contributed by atoms with Crippen LogP contribution in [0.5, 0.6) is 11.5 Å². The Morgan fingerprint density at radius 3 is 2.25 bits per heavy atom. The molecule has 0 atom stereocenters. The smallest absolute Gasteiger partial charge is 0.158 e. The molecule has 0 spiro atoms. The van der Waals surface area contributed by atoms with E-state index in [1.807, 2.05) is 18.2 Å². The molecule has 148 valence electrons. The lowest BCUT2D eigenvalue weighted by atomic mass is 10.1. The summed E-state index contributed by atoms with van der Waals surface area (Å²) in [7, 11) is 0. The van der Waals surface area contributed by atoms with E-state index in [9.17, 15) is 10.2 Å². The van der Waals surface area contributed by atoms with Gasteiger partial charge in [-0.25, -0.2) is 0 Å². The minimum absolute atomic E-state index is 0.0815. The molecule has 3 rings (SSSR count). The van der Waals surface area contributed by atoms with Crippen LogP contribution in [0.15, 0.2) is 60.7 Å². The quantitative estimate of drug-likeness (QED) is 0.278. The van der Waals surface area contributed by atoms with Gasteiger partial charge in [-0.15, -0.1) is 0 Å². The van der Waals surface area contributed by atoms with Crippen LogP contribution in [0.4, 0.5) is 5.69 Å². The van der Waals surface area contributed by atoms with Gasteiger partial charge in [-0.05, 0) is 61.5 Å². The molecule has 0 aromatic heterocycles. The highest BCUT2D eigenvalue weighted by atomic mass is 16.3. The molecule has 3 aromatic rings. The lowest BCUT2D eigenvalue weighted by molar-refractivity contribution is 0.405. The number of hydrogen-bond donors (Lipinski definition) is 4. The van der Waals surface area contributed by atoms with Crippen molar-refractivity contribution in [3.63, 3.8) is 0 Å². The fourth-order valence-electron chi connectivity index (χ4n) is 3.41. The summed E-state index contributed by atoms with van der Waals surface area (Å²) in [4.78, 5) is 0. The summed E-state index contributed by atoms with van der Waals surface area (Å²) in [5.41, 5.74) is 2.38. The van der Waals surface area contributed by atoms with Crippen LogP contribution < -0.4 is 10.6 Å². The molecule has 3 aromatic carbocycles. The molecular formula is C24H30N2O2. The number of anilines is 1. The Hall–Kier alpha value is -2.72. The summed E-state index contributed by atoms with van der Waals surface area (Å²) >= 11 is 0. The number of benzene rings is 3. The number of phenolic OH excluding ortho intramolecular Hbond substituents is 2. The average Bonchev–Trinajstić information content (AvgIpc) is 2.71. The summed E-state index contributed by atoms with van der Waals surface area (Å²) in [5, 5.41) is 28.2. The maximum atomic E-state index is 9.75. The Morgan fingerprint density at radius 1 is 0.679 bits per heavy atom. The van der Waals surface area contributed by atoms with Crippen LogP contribution in [-0.4, -0.2) is 29.8 Å². The summed E-state index contributed by atoms with van der Waals surface area (Å²) in [6.45, 7) is 3.02.